The maximum atomic E-state index is 12.9. The molecule has 1 saturated heterocycles. The second-order valence-electron chi connectivity index (χ2n) is 6.92. The monoisotopic (exact) mass is 433 g/mol. The largest absolute Gasteiger partial charge is 0.391 e. The van der Waals surface area contributed by atoms with Crippen molar-refractivity contribution < 1.29 is 14.7 Å². The molecule has 2 rings (SSSR count). The van der Waals surface area contributed by atoms with Gasteiger partial charge in [0.2, 0.25) is 11.8 Å². The van der Waals surface area contributed by atoms with Gasteiger partial charge in [-0.25, -0.2) is 0 Å². The number of likely N-dealkylation sites (N-methyl/N-ethyl adjacent to an activating group) is 2. The second kappa shape index (κ2) is 10.4. The minimum atomic E-state index is -0.927. The third kappa shape index (κ3) is 5.56. The number of hydrogen-bond acceptors (Lipinski definition) is 6. The van der Waals surface area contributed by atoms with E-state index in [1.807, 2.05) is 12.1 Å². The molecule has 0 bridgehead atoms. The quantitative estimate of drug-likeness (QED) is 0.380. The summed E-state index contributed by atoms with van der Waals surface area (Å²) in [6.07, 6.45) is -0.580. The Kier molecular flexibility index (Phi) is 9.13. The Labute approximate surface area is 176 Å². The van der Waals surface area contributed by atoms with Gasteiger partial charge in [-0.05, 0) is 38.7 Å². The lowest BCUT2D eigenvalue weighted by Gasteiger charge is -2.37. The molecule has 0 spiro atoms. The fraction of sp³-hybridized carbons (Fsp3) is 0.556. The van der Waals surface area contributed by atoms with Crippen LogP contribution in [0.2, 0.25) is 5.02 Å². The van der Waals surface area contributed by atoms with Gasteiger partial charge in [0.15, 0.2) is 0 Å². The third-order valence-electron chi connectivity index (χ3n) is 5.17. The summed E-state index contributed by atoms with van der Waals surface area (Å²) in [6.45, 7) is 2.15. The van der Waals surface area contributed by atoms with Crippen LogP contribution in [0.15, 0.2) is 24.3 Å². The van der Waals surface area contributed by atoms with Crippen molar-refractivity contribution >= 4 is 35.8 Å². The topological polar surface area (TPSA) is 120 Å². The van der Waals surface area contributed by atoms with Crippen LogP contribution in [-0.2, 0) is 16.1 Å². The number of hydrogen-bond donors (Lipinski definition) is 5. The van der Waals surface area contributed by atoms with E-state index in [0.29, 0.717) is 11.6 Å². The fourth-order valence-electron chi connectivity index (χ4n) is 3.08. The Bertz CT molecular complexity index is 670. The van der Waals surface area contributed by atoms with Crippen molar-refractivity contribution in [2.45, 2.75) is 43.7 Å². The van der Waals surface area contributed by atoms with Gasteiger partial charge in [-0.15, -0.1) is 12.4 Å². The van der Waals surface area contributed by atoms with Crippen molar-refractivity contribution in [3.05, 3.63) is 34.9 Å². The molecule has 10 heteroatoms. The fourth-order valence-corrected chi connectivity index (χ4v) is 3.20. The van der Waals surface area contributed by atoms with Gasteiger partial charge in [0.1, 0.15) is 12.1 Å². The number of aliphatic hydroxyl groups is 1. The van der Waals surface area contributed by atoms with Crippen molar-refractivity contribution in [3.8, 4) is 0 Å². The van der Waals surface area contributed by atoms with Crippen molar-refractivity contribution in [1.82, 2.24) is 20.9 Å². The van der Waals surface area contributed by atoms with Crippen molar-refractivity contribution in [2.24, 2.45) is 5.73 Å². The molecule has 1 aliphatic rings. The van der Waals surface area contributed by atoms with E-state index in [4.69, 9.17) is 17.3 Å². The molecule has 0 saturated carbocycles. The van der Waals surface area contributed by atoms with Crippen molar-refractivity contribution in [1.29, 1.82) is 0 Å². The molecule has 0 aliphatic carbocycles. The van der Waals surface area contributed by atoms with E-state index in [9.17, 15) is 14.7 Å². The molecule has 3 atom stereocenters. The van der Waals surface area contributed by atoms with E-state index in [1.54, 1.807) is 33.2 Å². The van der Waals surface area contributed by atoms with Crippen LogP contribution in [0.5, 0.6) is 0 Å². The minimum absolute atomic E-state index is 0. The Balaban J connectivity index is 0.00000392. The summed E-state index contributed by atoms with van der Waals surface area (Å²) in [6, 6.07) is 5.43. The molecule has 1 heterocycles. The average Bonchev–Trinajstić information content (AvgIpc) is 3.07. The molecule has 6 N–H and O–H groups in total. The van der Waals surface area contributed by atoms with E-state index in [0.717, 1.165) is 5.56 Å². The van der Waals surface area contributed by atoms with Crippen LogP contribution in [0.25, 0.3) is 0 Å². The number of aliphatic hydroxyl groups excluding tert-OH is 1. The number of carbonyl (C=O) groups excluding carboxylic acids is 2. The molecule has 1 aliphatic heterocycles. The van der Waals surface area contributed by atoms with Crippen LogP contribution < -0.4 is 21.7 Å². The Morgan fingerprint density at radius 3 is 2.43 bits per heavy atom. The summed E-state index contributed by atoms with van der Waals surface area (Å²) in [5, 5.41) is 19.4. The lowest BCUT2D eigenvalue weighted by molar-refractivity contribution is -0.141. The van der Waals surface area contributed by atoms with Crippen molar-refractivity contribution in [3.63, 3.8) is 0 Å². The normalized spacial score (nSPS) is 20.4. The highest BCUT2D eigenvalue weighted by Crippen LogP contribution is 2.21. The van der Waals surface area contributed by atoms with Crippen LogP contribution in [0.3, 0.4) is 0 Å². The van der Waals surface area contributed by atoms with E-state index in [-0.39, 0.29) is 31.3 Å². The summed E-state index contributed by atoms with van der Waals surface area (Å²) >= 11 is 5.86. The number of nitrogens with zero attached hydrogens (tertiary/aromatic N) is 1. The Hall–Kier alpha value is -1.42. The van der Waals surface area contributed by atoms with Gasteiger partial charge in [-0.1, -0.05) is 23.7 Å². The van der Waals surface area contributed by atoms with E-state index >= 15 is 0 Å². The summed E-state index contributed by atoms with van der Waals surface area (Å²) in [5.74, 6) is -0.720. The van der Waals surface area contributed by atoms with Gasteiger partial charge >= 0.3 is 0 Å². The number of nitrogens with two attached hydrogens (primary N) is 1. The first-order chi connectivity index (χ1) is 12.7. The van der Waals surface area contributed by atoms with Crippen LogP contribution >= 0.6 is 24.0 Å². The molecule has 0 radical (unpaired) electrons. The lowest BCUT2D eigenvalue weighted by Crippen LogP contribution is -2.68. The van der Waals surface area contributed by atoms with Gasteiger partial charge in [0, 0.05) is 24.5 Å². The molecular formula is C18H29Cl2N5O3. The number of nitrogens with one attached hydrogen (secondary N) is 3. The van der Waals surface area contributed by atoms with Crippen molar-refractivity contribution in [2.75, 3.05) is 20.6 Å². The maximum Gasteiger partial charge on any atom is 0.243 e. The highest BCUT2D eigenvalue weighted by atomic mass is 35.5. The van der Waals surface area contributed by atoms with E-state index in [2.05, 4.69) is 16.0 Å². The molecule has 0 unspecified atom stereocenters. The van der Waals surface area contributed by atoms with Gasteiger partial charge in [-0.3, -0.25) is 9.59 Å². The number of carbonyl (C=O) groups is 2. The zero-order chi connectivity index (χ0) is 20.2. The molecular weight excluding hydrogens is 405 g/mol. The summed E-state index contributed by atoms with van der Waals surface area (Å²) in [5.41, 5.74) is 6.19. The molecule has 28 heavy (non-hydrogen) atoms. The van der Waals surface area contributed by atoms with Gasteiger partial charge in [-0.2, -0.15) is 0 Å². The summed E-state index contributed by atoms with van der Waals surface area (Å²) in [4.78, 5) is 26.9. The smallest absolute Gasteiger partial charge is 0.243 e. The molecule has 2 amide bonds. The molecule has 158 valence electrons. The number of β-amino-alcohol motifs (C(OH)–C–C–N with tert-alkyl or cyclic N) is 1. The van der Waals surface area contributed by atoms with Crippen LogP contribution in [-0.4, -0.2) is 66.3 Å². The Morgan fingerprint density at radius 2 is 1.89 bits per heavy atom. The zero-order valence-corrected chi connectivity index (χ0v) is 17.8. The Morgan fingerprint density at radius 1 is 1.32 bits per heavy atom. The minimum Gasteiger partial charge on any atom is -0.391 e. The number of benzene rings is 1. The first-order valence-electron chi connectivity index (χ1n) is 8.86. The molecule has 1 fully saturated rings. The summed E-state index contributed by atoms with van der Waals surface area (Å²) < 4.78 is 0. The van der Waals surface area contributed by atoms with Crippen LogP contribution in [0, 0.1) is 0 Å². The number of halogens is 2. The van der Waals surface area contributed by atoms with Gasteiger partial charge in [0.05, 0.1) is 11.8 Å². The predicted octanol–water partition coefficient (Wildman–Crippen LogP) is -0.178. The van der Waals surface area contributed by atoms with Crippen LogP contribution in [0.1, 0.15) is 18.9 Å². The second-order valence-corrected chi connectivity index (χ2v) is 7.36. The first kappa shape index (κ1) is 24.6. The average molecular weight is 434 g/mol. The predicted molar refractivity (Wildman–Crippen MR) is 111 cm³/mol. The standard InChI is InChI=1S/C18H28ClN5O3.ClH/c1-18(21-2,22-3)15(20)17(27)24-10-13(25)8-14(24)16(26)23-9-11-4-6-12(19)7-5-11;/h4-7,13-15,21-22,25H,8-10,20H2,1-3H3,(H,23,26);1H/t13-,14+,15-;/m1./s1. The van der Waals surface area contributed by atoms with Crippen LogP contribution in [0.4, 0.5) is 0 Å². The first-order valence-corrected chi connectivity index (χ1v) is 9.23. The maximum absolute atomic E-state index is 12.9. The number of amides is 2. The number of rotatable bonds is 7. The summed E-state index contributed by atoms with van der Waals surface area (Å²) in [7, 11) is 3.39. The molecule has 1 aromatic carbocycles. The zero-order valence-electron chi connectivity index (χ0n) is 16.2. The van der Waals surface area contributed by atoms with E-state index in [1.165, 1.54) is 4.90 Å². The molecule has 0 aromatic heterocycles. The highest BCUT2D eigenvalue weighted by molar-refractivity contribution is 6.30. The van der Waals surface area contributed by atoms with E-state index < -0.39 is 29.8 Å². The highest BCUT2D eigenvalue weighted by Gasteiger charge is 2.44. The number of likely N-dealkylation sites (tertiary alicyclic amines) is 1. The van der Waals surface area contributed by atoms with Gasteiger partial charge in [0.25, 0.3) is 0 Å². The molecule has 8 nitrogen and oxygen atoms in total. The SMILES string of the molecule is CNC(C)(NC)[C@H](N)C(=O)N1C[C@H](O)C[C@H]1C(=O)NCc1ccc(Cl)cc1.Cl. The molecule has 1 aromatic rings. The van der Waals surface area contributed by atoms with Gasteiger partial charge < -0.3 is 31.7 Å². The third-order valence-corrected chi connectivity index (χ3v) is 5.42. The lowest BCUT2D eigenvalue weighted by atomic mass is 10.0.